The van der Waals surface area contributed by atoms with Gasteiger partial charge in [0.25, 0.3) is 0 Å². The number of urea groups is 1. The molecule has 3 aromatic rings. The Morgan fingerprint density at radius 2 is 1.83 bits per heavy atom. The van der Waals surface area contributed by atoms with E-state index in [1.807, 2.05) is 0 Å². The van der Waals surface area contributed by atoms with Crippen LogP contribution < -0.4 is 10.6 Å². The first-order valence-electron chi connectivity index (χ1n) is 7.16. The van der Waals surface area contributed by atoms with Gasteiger partial charge in [-0.25, -0.2) is 13.9 Å². The number of aromatic nitrogens is 4. The first-order valence-corrected chi connectivity index (χ1v) is 7.16. The number of rotatable bonds is 5. The molecule has 0 spiro atoms. The first-order chi connectivity index (χ1) is 11.7. The maximum Gasteiger partial charge on any atom is 0.323 e. The summed E-state index contributed by atoms with van der Waals surface area (Å²) in [7, 11) is 0. The van der Waals surface area contributed by atoms with Crippen molar-refractivity contribution in [1.29, 1.82) is 0 Å². The molecule has 3 N–H and O–H groups in total. The second-order valence-corrected chi connectivity index (χ2v) is 4.92. The van der Waals surface area contributed by atoms with Gasteiger partial charge in [-0.05, 0) is 12.1 Å². The minimum atomic E-state index is -0.480. The van der Waals surface area contributed by atoms with Crippen LogP contribution in [-0.2, 0) is 6.54 Å². The highest BCUT2D eigenvalue weighted by Crippen LogP contribution is 2.15. The summed E-state index contributed by atoms with van der Waals surface area (Å²) in [6, 6.07) is 5.73. The van der Waals surface area contributed by atoms with E-state index in [0.29, 0.717) is 17.9 Å². The number of amides is 2. The molecule has 2 aromatic heterocycles. The van der Waals surface area contributed by atoms with E-state index in [9.17, 15) is 9.18 Å². The summed E-state index contributed by atoms with van der Waals surface area (Å²) < 4.78 is 16.6. The van der Waals surface area contributed by atoms with E-state index in [4.69, 9.17) is 5.11 Å². The SMILES string of the molecule is O=C(Nc1cnn(CCO)c1)Nc1cnn(-c2ccccc2F)c1. The predicted octanol–water partition coefficient (Wildman–Crippen LogP) is 1.84. The molecular weight excluding hydrogens is 315 g/mol. The van der Waals surface area contributed by atoms with Crippen molar-refractivity contribution < 1.29 is 14.3 Å². The number of aliphatic hydroxyl groups is 1. The van der Waals surface area contributed by atoms with E-state index >= 15 is 0 Å². The van der Waals surface area contributed by atoms with Crippen LogP contribution in [0.2, 0.25) is 0 Å². The molecule has 0 atom stereocenters. The van der Waals surface area contributed by atoms with Crippen LogP contribution in [0.4, 0.5) is 20.6 Å². The van der Waals surface area contributed by atoms with Gasteiger partial charge in [0.1, 0.15) is 11.5 Å². The minimum absolute atomic E-state index is 0.0391. The third-order valence-electron chi connectivity index (χ3n) is 3.16. The zero-order chi connectivity index (χ0) is 16.9. The normalized spacial score (nSPS) is 10.6. The summed E-state index contributed by atoms with van der Waals surface area (Å²) in [5.41, 5.74) is 1.19. The van der Waals surface area contributed by atoms with Crippen LogP contribution in [0.15, 0.2) is 49.1 Å². The zero-order valence-electron chi connectivity index (χ0n) is 12.6. The van der Waals surface area contributed by atoms with E-state index in [0.717, 1.165) is 0 Å². The molecule has 2 heterocycles. The van der Waals surface area contributed by atoms with Crippen molar-refractivity contribution in [2.45, 2.75) is 6.54 Å². The maximum absolute atomic E-state index is 13.7. The average molecular weight is 330 g/mol. The standard InChI is InChI=1S/C15H15FN6O2/c16-13-3-1-2-4-14(13)22-10-12(8-18-22)20-15(24)19-11-7-17-21(9-11)5-6-23/h1-4,7-10,23H,5-6H2,(H2,19,20,24). The number of anilines is 2. The van der Waals surface area contributed by atoms with Gasteiger partial charge >= 0.3 is 6.03 Å². The van der Waals surface area contributed by atoms with Crippen molar-refractivity contribution in [3.8, 4) is 5.69 Å². The topological polar surface area (TPSA) is 97.0 Å². The summed E-state index contributed by atoms with van der Waals surface area (Å²) in [6.07, 6.45) is 5.99. The van der Waals surface area contributed by atoms with Crippen molar-refractivity contribution in [2.24, 2.45) is 0 Å². The number of benzene rings is 1. The predicted molar refractivity (Wildman–Crippen MR) is 85.5 cm³/mol. The number of para-hydroxylation sites is 1. The molecule has 0 bridgehead atoms. The maximum atomic E-state index is 13.7. The second kappa shape index (κ2) is 6.92. The highest BCUT2D eigenvalue weighted by molar-refractivity contribution is 5.99. The van der Waals surface area contributed by atoms with Crippen molar-refractivity contribution >= 4 is 17.4 Å². The number of carbonyl (C=O) groups is 1. The molecule has 0 aliphatic carbocycles. The molecule has 0 fully saturated rings. The Balaban J connectivity index is 1.64. The highest BCUT2D eigenvalue weighted by Gasteiger charge is 2.09. The number of nitrogens with zero attached hydrogens (tertiary/aromatic N) is 4. The van der Waals surface area contributed by atoms with Gasteiger partial charge in [0.2, 0.25) is 0 Å². The van der Waals surface area contributed by atoms with Gasteiger partial charge < -0.3 is 15.7 Å². The second-order valence-electron chi connectivity index (χ2n) is 4.92. The largest absolute Gasteiger partial charge is 0.394 e. The van der Waals surface area contributed by atoms with Crippen molar-refractivity contribution in [3.05, 3.63) is 54.9 Å². The molecule has 8 nitrogen and oxygen atoms in total. The fraction of sp³-hybridized carbons (Fsp3) is 0.133. The molecule has 124 valence electrons. The number of hydrogen-bond donors (Lipinski definition) is 3. The van der Waals surface area contributed by atoms with Crippen molar-refractivity contribution in [3.63, 3.8) is 0 Å². The number of nitrogens with one attached hydrogen (secondary N) is 2. The Labute approximate surface area is 136 Å². The Hall–Kier alpha value is -3.20. The fourth-order valence-electron chi connectivity index (χ4n) is 2.10. The first kappa shape index (κ1) is 15.7. The monoisotopic (exact) mass is 330 g/mol. The number of halogens is 1. The quantitative estimate of drug-likeness (QED) is 0.665. The summed E-state index contributed by atoms with van der Waals surface area (Å²) in [4.78, 5) is 11.9. The van der Waals surface area contributed by atoms with E-state index in [1.165, 1.54) is 34.0 Å². The molecule has 24 heavy (non-hydrogen) atoms. The van der Waals surface area contributed by atoms with Crippen LogP contribution in [0.3, 0.4) is 0 Å². The molecule has 0 aliphatic heterocycles. The molecule has 2 amide bonds. The molecule has 0 aliphatic rings. The Morgan fingerprint density at radius 1 is 1.12 bits per heavy atom. The van der Waals surface area contributed by atoms with E-state index in [-0.39, 0.29) is 12.3 Å². The Bertz CT molecular complexity index is 844. The van der Waals surface area contributed by atoms with Gasteiger partial charge in [-0.15, -0.1) is 0 Å². The fourth-order valence-corrected chi connectivity index (χ4v) is 2.10. The lowest BCUT2D eigenvalue weighted by atomic mass is 10.3. The van der Waals surface area contributed by atoms with Crippen molar-refractivity contribution in [1.82, 2.24) is 19.6 Å². The molecule has 3 rings (SSSR count). The van der Waals surface area contributed by atoms with Gasteiger partial charge in [0.05, 0.1) is 43.1 Å². The van der Waals surface area contributed by atoms with E-state index in [2.05, 4.69) is 20.8 Å². The van der Waals surface area contributed by atoms with Gasteiger partial charge in [-0.2, -0.15) is 10.2 Å². The molecule has 0 saturated carbocycles. The summed E-state index contributed by atoms with van der Waals surface area (Å²) in [5, 5.41) is 22.0. The lowest BCUT2D eigenvalue weighted by molar-refractivity contribution is 0.262. The lowest BCUT2D eigenvalue weighted by Gasteiger charge is -2.03. The summed E-state index contributed by atoms with van der Waals surface area (Å²) in [6.45, 7) is 0.307. The van der Waals surface area contributed by atoms with Gasteiger partial charge in [-0.3, -0.25) is 4.68 Å². The van der Waals surface area contributed by atoms with E-state index in [1.54, 1.807) is 24.4 Å². The third kappa shape index (κ3) is 3.58. The minimum Gasteiger partial charge on any atom is -0.394 e. The highest BCUT2D eigenvalue weighted by atomic mass is 19.1. The smallest absolute Gasteiger partial charge is 0.323 e. The molecule has 0 unspecified atom stereocenters. The van der Waals surface area contributed by atoms with Crippen LogP contribution in [0.25, 0.3) is 5.69 Å². The van der Waals surface area contributed by atoms with Crippen LogP contribution in [0.5, 0.6) is 0 Å². The number of carbonyl (C=O) groups excluding carboxylic acids is 1. The van der Waals surface area contributed by atoms with Crippen LogP contribution >= 0.6 is 0 Å². The average Bonchev–Trinajstić information content (AvgIpc) is 3.18. The van der Waals surface area contributed by atoms with E-state index < -0.39 is 11.8 Å². The summed E-state index contributed by atoms with van der Waals surface area (Å²) >= 11 is 0. The third-order valence-corrected chi connectivity index (χ3v) is 3.16. The van der Waals surface area contributed by atoms with Crippen LogP contribution in [0, 0.1) is 5.82 Å². The Kier molecular flexibility index (Phi) is 4.52. The van der Waals surface area contributed by atoms with Gasteiger partial charge in [0.15, 0.2) is 0 Å². The number of aliphatic hydroxyl groups excluding tert-OH is 1. The number of hydrogen-bond acceptors (Lipinski definition) is 4. The molecule has 1 aromatic carbocycles. The molecule has 9 heteroatoms. The Morgan fingerprint density at radius 3 is 2.58 bits per heavy atom. The van der Waals surface area contributed by atoms with Crippen LogP contribution in [-0.4, -0.2) is 37.3 Å². The molecule has 0 saturated heterocycles. The van der Waals surface area contributed by atoms with Crippen LogP contribution in [0.1, 0.15) is 0 Å². The zero-order valence-corrected chi connectivity index (χ0v) is 12.6. The van der Waals surface area contributed by atoms with Gasteiger partial charge in [0, 0.05) is 6.20 Å². The van der Waals surface area contributed by atoms with Crippen molar-refractivity contribution in [2.75, 3.05) is 17.2 Å². The van der Waals surface area contributed by atoms with Gasteiger partial charge in [-0.1, -0.05) is 12.1 Å². The lowest BCUT2D eigenvalue weighted by Crippen LogP contribution is -2.18. The molecule has 0 radical (unpaired) electrons. The molecular formula is C15H15FN6O2. The summed E-state index contributed by atoms with van der Waals surface area (Å²) in [5.74, 6) is -0.409.